The quantitative estimate of drug-likeness (QED) is 0.519. The number of ether oxygens (including phenoxy) is 1. The molecule has 1 aromatic heterocycles. The molecule has 0 aliphatic carbocycles. The predicted octanol–water partition coefficient (Wildman–Crippen LogP) is -1.09. The van der Waals surface area contributed by atoms with Crippen molar-refractivity contribution < 1.29 is 14.3 Å². The lowest BCUT2D eigenvalue weighted by Gasteiger charge is -2.03. The van der Waals surface area contributed by atoms with Crippen LogP contribution in [0.3, 0.4) is 0 Å². The number of esters is 1. The van der Waals surface area contributed by atoms with Crippen molar-refractivity contribution >= 4 is 12.3 Å². The van der Waals surface area contributed by atoms with E-state index in [1.165, 1.54) is 7.11 Å². The van der Waals surface area contributed by atoms with E-state index in [2.05, 4.69) is 4.74 Å². The maximum absolute atomic E-state index is 11.2. The number of carbonyl (C=O) groups is 2. The number of methoxy groups -OCH3 is 1. The van der Waals surface area contributed by atoms with Crippen LogP contribution in [0.4, 0.5) is 0 Å². The van der Waals surface area contributed by atoms with Crippen molar-refractivity contribution in [1.29, 1.82) is 0 Å². The number of aryl methyl sites for hydroxylation is 1. The van der Waals surface area contributed by atoms with Crippen LogP contribution in [0.5, 0.6) is 0 Å². The summed E-state index contributed by atoms with van der Waals surface area (Å²) in [6, 6.07) is 0. The van der Waals surface area contributed by atoms with Crippen molar-refractivity contribution in [2.24, 2.45) is 0 Å². The largest absolute Gasteiger partial charge is 0.469 e. The molecule has 0 unspecified atom stereocenters. The summed E-state index contributed by atoms with van der Waals surface area (Å²) in [7, 11) is 1.23. The minimum absolute atomic E-state index is 0.0131. The van der Waals surface area contributed by atoms with Crippen LogP contribution in [0.1, 0.15) is 16.8 Å². The summed E-state index contributed by atoms with van der Waals surface area (Å²) in [5.74, 6) is -0.481. The highest BCUT2D eigenvalue weighted by Crippen LogP contribution is 1.90. The molecule has 0 spiro atoms. The molecule has 0 saturated heterocycles. The number of aldehydes is 1. The number of nitrogens with zero attached hydrogens (tertiary/aromatic N) is 1. The van der Waals surface area contributed by atoms with Gasteiger partial charge in [0.15, 0.2) is 6.29 Å². The van der Waals surface area contributed by atoms with Crippen molar-refractivity contribution in [3.63, 3.8) is 0 Å². The molecule has 0 aliphatic heterocycles. The Labute approximate surface area is 89.7 Å². The van der Waals surface area contributed by atoms with Crippen LogP contribution in [0.15, 0.2) is 15.8 Å². The lowest BCUT2D eigenvalue weighted by atomic mass is 10.3. The van der Waals surface area contributed by atoms with E-state index in [0.29, 0.717) is 6.29 Å². The summed E-state index contributed by atoms with van der Waals surface area (Å²) < 4.78 is 5.47. The molecule has 1 N–H and O–H groups in total. The zero-order valence-corrected chi connectivity index (χ0v) is 8.56. The van der Waals surface area contributed by atoms with E-state index in [9.17, 15) is 19.2 Å². The molecule has 1 aromatic rings. The Hall–Kier alpha value is -2.18. The van der Waals surface area contributed by atoms with Gasteiger partial charge in [-0.2, -0.15) is 0 Å². The Kier molecular flexibility index (Phi) is 3.76. The fraction of sp³-hybridized carbons (Fsp3) is 0.333. The molecule has 0 amide bonds. The van der Waals surface area contributed by atoms with E-state index in [0.717, 1.165) is 10.8 Å². The van der Waals surface area contributed by atoms with Crippen LogP contribution < -0.4 is 11.2 Å². The molecule has 0 bridgehead atoms. The normalized spacial score (nSPS) is 9.81. The Balaban J connectivity index is 2.97. The van der Waals surface area contributed by atoms with Gasteiger partial charge in [-0.1, -0.05) is 0 Å². The zero-order chi connectivity index (χ0) is 12.1. The van der Waals surface area contributed by atoms with Gasteiger partial charge >= 0.3 is 11.7 Å². The third-order valence-corrected chi connectivity index (χ3v) is 1.95. The Morgan fingerprint density at radius 2 is 2.25 bits per heavy atom. The first-order chi connectivity index (χ1) is 7.58. The number of rotatable bonds is 4. The topological polar surface area (TPSA) is 98.2 Å². The first kappa shape index (κ1) is 11.9. The Morgan fingerprint density at radius 3 is 2.81 bits per heavy atom. The first-order valence-electron chi connectivity index (χ1n) is 4.44. The molecule has 1 rings (SSSR count). The van der Waals surface area contributed by atoms with E-state index in [1.807, 2.05) is 4.98 Å². The summed E-state index contributed by atoms with van der Waals surface area (Å²) in [6.45, 7) is 0.0448. The first-order valence-corrected chi connectivity index (χ1v) is 4.44. The van der Waals surface area contributed by atoms with Gasteiger partial charge in [-0.05, 0) is 0 Å². The molecule has 0 saturated carbocycles. The Bertz CT molecular complexity index is 513. The molecule has 1 heterocycles. The second kappa shape index (κ2) is 5.06. The highest BCUT2D eigenvalue weighted by molar-refractivity contribution is 5.73. The second-order valence-corrected chi connectivity index (χ2v) is 2.98. The fourth-order valence-corrected chi connectivity index (χ4v) is 1.09. The van der Waals surface area contributed by atoms with Crippen molar-refractivity contribution in [3.05, 3.63) is 32.6 Å². The van der Waals surface area contributed by atoms with E-state index in [4.69, 9.17) is 0 Å². The van der Waals surface area contributed by atoms with Gasteiger partial charge in [-0.15, -0.1) is 0 Å². The van der Waals surface area contributed by atoms with Crippen LogP contribution in [0.2, 0.25) is 0 Å². The molecule has 0 fully saturated rings. The maximum Gasteiger partial charge on any atom is 0.328 e. The zero-order valence-electron chi connectivity index (χ0n) is 8.56. The predicted molar refractivity (Wildman–Crippen MR) is 53.3 cm³/mol. The van der Waals surface area contributed by atoms with Crippen molar-refractivity contribution in [2.45, 2.75) is 13.0 Å². The van der Waals surface area contributed by atoms with Gasteiger partial charge in [-0.25, -0.2) is 4.79 Å². The van der Waals surface area contributed by atoms with Crippen molar-refractivity contribution in [1.82, 2.24) is 9.55 Å². The molecular weight excluding hydrogens is 216 g/mol. The summed E-state index contributed by atoms with van der Waals surface area (Å²) in [4.78, 5) is 45.5. The molecule has 0 aromatic carbocycles. The number of aromatic amines is 1. The number of nitrogens with one attached hydrogen (secondary N) is 1. The van der Waals surface area contributed by atoms with Gasteiger partial charge in [0.1, 0.15) is 0 Å². The van der Waals surface area contributed by atoms with Crippen LogP contribution in [0, 0.1) is 0 Å². The minimum atomic E-state index is -0.741. The van der Waals surface area contributed by atoms with Gasteiger partial charge in [0.25, 0.3) is 5.56 Å². The third kappa shape index (κ3) is 2.66. The molecule has 0 aliphatic rings. The average molecular weight is 226 g/mol. The second-order valence-electron chi connectivity index (χ2n) is 2.98. The number of carbonyl (C=O) groups excluding carboxylic acids is 2. The molecule has 86 valence electrons. The van der Waals surface area contributed by atoms with Gasteiger partial charge in [0.2, 0.25) is 0 Å². The van der Waals surface area contributed by atoms with E-state index >= 15 is 0 Å². The molecule has 0 atom stereocenters. The molecule has 7 heteroatoms. The smallest absolute Gasteiger partial charge is 0.328 e. The molecule has 16 heavy (non-hydrogen) atoms. The van der Waals surface area contributed by atoms with Gasteiger partial charge < -0.3 is 4.74 Å². The summed E-state index contributed by atoms with van der Waals surface area (Å²) >= 11 is 0. The number of aromatic nitrogens is 2. The van der Waals surface area contributed by atoms with Gasteiger partial charge in [0, 0.05) is 12.7 Å². The molecular formula is C9H10N2O5. The van der Waals surface area contributed by atoms with Crippen LogP contribution in [0.25, 0.3) is 0 Å². The van der Waals surface area contributed by atoms with E-state index in [-0.39, 0.29) is 18.5 Å². The Morgan fingerprint density at radius 1 is 1.56 bits per heavy atom. The lowest BCUT2D eigenvalue weighted by molar-refractivity contribution is -0.140. The van der Waals surface area contributed by atoms with Crippen molar-refractivity contribution in [2.75, 3.05) is 7.11 Å². The van der Waals surface area contributed by atoms with E-state index in [1.54, 1.807) is 0 Å². The van der Waals surface area contributed by atoms with Gasteiger partial charge in [-0.3, -0.25) is 23.9 Å². The maximum atomic E-state index is 11.2. The van der Waals surface area contributed by atoms with E-state index < -0.39 is 17.2 Å². The average Bonchev–Trinajstić information content (AvgIpc) is 2.27. The van der Waals surface area contributed by atoms with Crippen LogP contribution >= 0.6 is 0 Å². The van der Waals surface area contributed by atoms with Crippen LogP contribution in [-0.2, 0) is 16.1 Å². The standard InChI is InChI=1S/C9H10N2O5/c1-16-7(13)2-3-11-4-6(5-12)8(14)10-9(11)15/h4-5H,2-3H2,1H3,(H,10,14,15). The van der Waals surface area contributed by atoms with Crippen molar-refractivity contribution in [3.8, 4) is 0 Å². The summed E-state index contributed by atoms with van der Waals surface area (Å²) in [6.07, 6.45) is 1.44. The van der Waals surface area contributed by atoms with Gasteiger partial charge in [0.05, 0.1) is 19.1 Å². The molecule has 0 radical (unpaired) electrons. The highest BCUT2D eigenvalue weighted by atomic mass is 16.5. The lowest BCUT2D eigenvalue weighted by Crippen LogP contribution is -2.32. The number of hydrogen-bond acceptors (Lipinski definition) is 5. The minimum Gasteiger partial charge on any atom is -0.469 e. The highest BCUT2D eigenvalue weighted by Gasteiger charge is 2.06. The summed E-state index contributed by atoms with van der Waals surface area (Å²) in [5, 5.41) is 0. The SMILES string of the molecule is COC(=O)CCn1cc(C=O)c(=O)[nH]c1=O. The number of hydrogen-bond donors (Lipinski definition) is 1. The fourth-order valence-electron chi connectivity index (χ4n) is 1.09. The third-order valence-electron chi connectivity index (χ3n) is 1.95. The monoisotopic (exact) mass is 226 g/mol. The van der Waals surface area contributed by atoms with Crippen LogP contribution in [-0.4, -0.2) is 28.9 Å². The summed E-state index contributed by atoms with van der Waals surface area (Å²) in [5.41, 5.74) is -1.57. The molecule has 7 nitrogen and oxygen atoms in total. The number of H-pyrrole nitrogens is 1.